The van der Waals surface area contributed by atoms with Gasteiger partial charge >= 0.3 is 0 Å². The first-order valence-electron chi connectivity index (χ1n) is 6.91. The summed E-state index contributed by atoms with van der Waals surface area (Å²) < 4.78 is 0. The predicted octanol–water partition coefficient (Wildman–Crippen LogP) is 4.61. The van der Waals surface area contributed by atoms with E-state index in [0.717, 1.165) is 16.7 Å². The van der Waals surface area contributed by atoms with Crippen LogP contribution in [0, 0.1) is 6.92 Å². The van der Waals surface area contributed by atoms with Crippen LogP contribution in [0.2, 0.25) is 5.02 Å². The maximum atomic E-state index is 12.2. The van der Waals surface area contributed by atoms with E-state index in [0.29, 0.717) is 22.2 Å². The molecule has 2 heterocycles. The zero-order valence-electron chi connectivity index (χ0n) is 12.3. The lowest BCUT2D eigenvalue weighted by Crippen LogP contribution is -2.13. The molecule has 4 nitrogen and oxygen atoms in total. The van der Waals surface area contributed by atoms with Crippen LogP contribution in [0.25, 0.3) is 11.1 Å². The topological polar surface area (TPSA) is 68.0 Å². The van der Waals surface area contributed by atoms with Crippen LogP contribution in [0.4, 0.5) is 11.6 Å². The predicted molar refractivity (Wildman–Crippen MR) is 96.1 cm³/mol. The van der Waals surface area contributed by atoms with Gasteiger partial charge in [0.15, 0.2) is 0 Å². The lowest BCUT2D eigenvalue weighted by molar-refractivity contribution is 0.102. The zero-order valence-corrected chi connectivity index (χ0v) is 13.9. The molecule has 0 fully saturated rings. The molecular weight excluding hydrogens is 330 g/mol. The third-order valence-electron chi connectivity index (χ3n) is 3.42. The number of carbonyl (C=O) groups is 1. The van der Waals surface area contributed by atoms with Crippen LogP contribution in [0.5, 0.6) is 0 Å². The summed E-state index contributed by atoms with van der Waals surface area (Å²) in [5.74, 6) is 0.549. The summed E-state index contributed by atoms with van der Waals surface area (Å²) >= 11 is 7.44. The first-order chi connectivity index (χ1) is 11.0. The Kier molecular flexibility index (Phi) is 4.32. The third-order valence-corrected chi connectivity index (χ3v) is 4.53. The number of amides is 1. The van der Waals surface area contributed by atoms with Crippen LogP contribution >= 0.6 is 22.9 Å². The molecule has 23 heavy (non-hydrogen) atoms. The normalized spacial score (nSPS) is 10.5. The van der Waals surface area contributed by atoms with Crippen molar-refractivity contribution >= 4 is 40.5 Å². The molecule has 0 saturated carbocycles. The fourth-order valence-corrected chi connectivity index (χ4v) is 3.17. The molecule has 0 bridgehead atoms. The Hall–Kier alpha value is -2.37. The van der Waals surface area contributed by atoms with Gasteiger partial charge in [-0.2, -0.15) is 11.3 Å². The highest BCUT2D eigenvalue weighted by molar-refractivity contribution is 7.08. The number of hydrogen-bond acceptors (Lipinski definition) is 4. The fourth-order valence-electron chi connectivity index (χ4n) is 2.20. The number of pyridine rings is 1. The van der Waals surface area contributed by atoms with Crippen molar-refractivity contribution in [3.8, 4) is 11.1 Å². The summed E-state index contributed by atoms with van der Waals surface area (Å²) in [5.41, 5.74) is 9.64. The van der Waals surface area contributed by atoms with Gasteiger partial charge in [-0.1, -0.05) is 11.6 Å². The molecule has 0 unspecified atom stereocenters. The summed E-state index contributed by atoms with van der Waals surface area (Å²) in [6.07, 6.45) is 0. The van der Waals surface area contributed by atoms with E-state index >= 15 is 0 Å². The highest BCUT2D eigenvalue weighted by atomic mass is 35.5. The molecule has 0 radical (unpaired) electrons. The van der Waals surface area contributed by atoms with Crippen LogP contribution < -0.4 is 11.1 Å². The number of hydrogen-bond donors (Lipinski definition) is 2. The number of carbonyl (C=O) groups excluding carboxylic acids is 1. The molecule has 1 amide bonds. The van der Waals surface area contributed by atoms with Crippen LogP contribution in [0.3, 0.4) is 0 Å². The molecule has 3 N–H and O–H groups in total. The van der Waals surface area contributed by atoms with Crippen molar-refractivity contribution in [2.24, 2.45) is 0 Å². The van der Waals surface area contributed by atoms with Crippen LogP contribution in [0.1, 0.15) is 15.9 Å². The van der Waals surface area contributed by atoms with Crippen LogP contribution in [0.15, 0.2) is 47.2 Å². The Bertz CT molecular complexity index is 859. The maximum Gasteiger partial charge on any atom is 0.256 e. The SMILES string of the molecule is Cc1cscc1-c1ccc(NC(=O)c2ccc(Cl)cc2)nc1N. The van der Waals surface area contributed by atoms with Gasteiger partial charge < -0.3 is 11.1 Å². The second-order valence-corrected chi connectivity index (χ2v) is 6.24. The molecule has 6 heteroatoms. The summed E-state index contributed by atoms with van der Waals surface area (Å²) in [5, 5.41) is 7.41. The maximum absolute atomic E-state index is 12.2. The molecule has 0 aliphatic rings. The molecule has 3 rings (SSSR count). The Morgan fingerprint density at radius 2 is 1.87 bits per heavy atom. The summed E-state index contributed by atoms with van der Waals surface area (Å²) in [4.78, 5) is 16.4. The molecule has 2 aromatic heterocycles. The van der Waals surface area contributed by atoms with Crippen molar-refractivity contribution < 1.29 is 4.79 Å². The fraction of sp³-hybridized carbons (Fsp3) is 0.0588. The number of nitrogens with two attached hydrogens (primary N) is 1. The highest BCUT2D eigenvalue weighted by Crippen LogP contribution is 2.31. The van der Waals surface area contributed by atoms with E-state index in [1.807, 2.05) is 18.4 Å². The van der Waals surface area contributed by atoms with E-state index in [4.69, 9.17) is 17.3 Å². The lowest BCUT2D eigenvalue weighted by Gasteiger charge is -2.09. The molecule has 0 spiro atoms. The average molecular weight is 344 g/mol. The highest BCUT2D eigenvalue weighted by Gasteiger charge is 2.11. The number of halogens is 1. The summed E-state index contributed by atoms with van der Waals surface area (Å²) in [6, 6.07) is 10.3. The Morgan fingerprint density at radius 1 is 1.13 bits per heavy atom. The molecule has 1 aromatic carbocycles. The molecular formula is C17H14ClN3OS. The van der Waals surface area contributed by atoms with Gasteiger partial charge in [0.2, 0.25) is 0 Å². The Labute approximate surface area is 142 Å². The number of aryl methyl sites for hydroxylation is 1. The van der Waals surface area contributed by atoms with E-state index in [-0.39, 0.29) is 5.91 Å². The van der Waals surface area contributed by atoms with Gasteiger partial charge in [0.25, 0.3) is 5.91 Å². The number of rotatable bonds is 3. The summed E-state index contributed by atoms with van der Waals surface area (Å²) in [7, 11) is 0. The minimum atomic E-state index is -0.256. The van der Waals surface area contributed by atoms with E-state index in [2.05, 4.69) is 15.7 Å². The standard InChI is InChI=1S/C17H14ClN3OS/c1-10-8-23-9-14(10)13-6-7-15(20-16(13)19)21-17(22)11-2-4-12(18)5-3-11/h2-9H,1H3,(H3,19,20,21,22). The number of anilines is 2. The molecule has 0 aliphatic carbocycles. The van der Waals surface area contributed by atoms with E-state index in [9.17, 15) is 4.79 Å². The van der Waals surface area contributed by atoms with Crippen molar-refractivity contribution in [1.82, 2.24) is 4.98 Å². The summed E-state index contributed by atoms with van der Waals surface area (Å²) in [6.45, 7) is 2.03. The third kappa shape index (κ3) is 3.36. The van der Waals surface area contributed by atoms with Crippen molar-refractivity contribution in [2.75, 3.05) is 11.1 Å². The number of nitrogens with one attached hydrogen (secondary N) is 1. The van der Waals surface area contributed by atoms with Crippen LogP contribution in [-0.2, 0) is 0 Å². The number of aromatic nitrogens is 1. The van der Waals surface area contributed by atoms with Crippen molar-refractivity contribution in [3.63, 3.8) is 0 Å². The Balaban J connectivity index is 1.82. The van der Waals surface area contributed by atoms with Crippen molar-refractivity contribution in [3.05, 3.63) is 63.3 Å². The monoisotopic (exact) mass is 343 g/mol. The largest absolute Gasteiger partial charge is 0.383 e. The number of benzene rings is 1. The molecule has 3 aromatic rings. The van der Waals surface area contributed by atoms with Gasteiger partial charge in [0.05, 0.1) is 0 Å². The molecule has 0 saturated heterocycles. The smallest absolute Gasteiger partial charge is 0.256 e. The van der Waals surface area contributed by atoms with Crippen molar-refractivity contribution in [1.29, 1.82) is 0 Å². The number of thiophene rings is 1. The van der Waals surface area contributed by atoms with Gasteiger partial charge in [-0.25, -0.2) is 4.98 Å². The second-order valence-electron chi connectivity index (χ2n) is 5.06. The minimum absolute atomic E-state index is 0.256. The van der Waals surface area contributed by atoms with E-state index in [1.165, 1.54) is 0 Å². The molecule has 0 aliphatic heterocycles. The lowest BCUT2D eigenvalue weighted by atomic mass is 10.1. The van der Waals surface area contributed by atoms with Gasteiger partial charge in [0.1, 0.15) is 11.6 Å². The first-order valence-corrected chi connectivity index (χ1v) is 8.23. The second kappa shape index (κ2) is 6.40. The van der Waals surface area contributed by atoms with E-state index in [1.54, 1.807) is 41.7 Å². The zero-order chi connectivity index (χ0) is 16.4. The first kappa shape index (κ1) is 15.5. The number of nitrogen functional groups attached to an aromatic ring is 1. The van der Waals surface area contributed by atoms with Gasteiger partial charge in [-0.15, -0.1) is 0 Å². The Morgan fingerprint density at radius 3 is 2.48 bits per heavy atom. The van der Waals surface area contributed by atoms with E-state index < -0.39 is 0 Å². The average Bonchev–Trinajstić information content (AvgIpc) is 2.94. The van der Waals surface area contributed by atoms with Crippen molar-refractivity contribution in [2.45, 2.75) is 6.92 Å². The quantitative estimate of drug-likeness (QED) is 0.729. The number of nitrogens with zero attached hydrogens (tertiary/aromatic N) is 1. The van der Waals surface area contributed by atoms with Gasteiger partial charge in [-0.05, 0) is 65.2 Å². The van der Waals surface area contributed by atoms with Crippen LogP contribution in [-0.4, -0.2) is 10.9 Å². The van der Waals surface area contributed by atoms with Gasteiger partial charge in [0, 0.05) is 16.1 Å². The minimum Gasteiger partial charge on any atom is -0.383 e. The molecule has 0 atom stereocenters. The molecule has 116 valence electrons. The van der Waals surface area contributed by atoms with Gasteiger partial charge in [-0.3, -0.25) is 4.79 Å².